The summed E-state index contributed by atoms with van der Waals surface area (Å²) in [5, 5.41) is 1.87. The van der Waals surface area contributed by atoms with Crippen LogP contribution in [0.1, 0.15) is 62.3 Å². The van der Waals surface area contributed by atoms with Crippen LogP contribution in [0.15, 0.2) is 36.4 Å². The fraction of sp³-hybridized carbons (Fsp3) is 0.481. The summed E-state index contributed by atoms with van der Waals surface area (Å²) in [5.74, 6) is 4.06. The highest BCUT2D eigenvalue weighted by Crippen LogP contribution is 2.42. The average molecular weight is 465 g/mol. The fourth-order valence-electron chi connectivity index (χ4n) is 5.06. The Hall–Kier alpha value is -2.53. The highest BCUT2D eigenvalue weighted by molar-refractivity contribution is 6.34. The predicted molar refractivity (Wildman–Crippen MR) is 137 cm³/mol. The lowest BCUT2D eigenvalue weighted by Gasteiger charge is -2.34. The van der Waals surface area contributed by atoms with Gasteiger partial charge in [0.2, 0.25) is 0 Å². The maximum absolute atomic E-state index is 6.71. The van der Waals surface area contributed by atoms with Crippen molar-refractivity contribution in [1.82, 2.24) is 9.97 Å². The van der Waals surface area contributed by atoms with Gasteiger partial charge >= 0.3 is 0 Å². The molecule has 5 nitrogen and oxygen atoms in total. The highest BCUT2D eigenvalue weighted by Gasteiger charge is 2.30. The normalized spacial score (nSPS) is 16.9. The molecule has 0 amide bonds. The van der Waals surface area contributed by atoms with E-state index >= 15 is 0 Å². The Kier molecular flexibility index (Phi) is 6.33. The third-order valence-electron chi connectivity index (χ3n) is 7.05. The van der Waals surface area contributed by atoms with E-state index in [1.54, 1.807) is 7.11 Å². The molecule has 0 unspecified atom stereocenters. The van der Waals surface area contributed by atoms with Gasteiger partial charge < -0.3 is 14.5 Å². The third kappa shape index (κ3) is 4.48. The molecule has 2 heterocycles. The zero-order chi connectivity index (χ0) is 22.9. The van der Waals surface area contributed by atoms with Crippen molar-refractivity contribution in [3.05, 3.63) is 52.8 Å². The standard InChI is InChI=1S/C27H33ClN4O/c1-4-13-31(2)24-16-21-23(17-22(24)28)29-26(19-9-10-19)30-27(21)32-14-11-18(12-15-32)20-7-5-6-8-25(20)33-3/h5-8,16-19H,4,9-15H2,1-3H3. The first-order valence-corrected chi connectivity index (χ1v) is 12.6. The largest absolute Gasteiger partial charge is 0.496 e. The third-order valence-corrected chi connectivity index (χ3v) is 7.35. The minimum atomic E-state index is 0.500. The molecule has 1 aliphatic carbocycles. The quantitative estimate of drug-likeness (QED) is 0.404. The van der Waals surface area contributed by atoms with Crippen LogP contribution in [0.3, 0.4) is 0 Å². The molecule has 1 saturated carbocycles. The zero-order valence-electron chi connectivity index (χ0n) is 19.9. The highest BCUT2D eigenvalue weighted by atomic mass is 35.5. The Morgan fingerprint density at radius 1 is 1.06 bits per heavy atom. The van der Waals surface area contributed by atoms with E-state index in [0.29, 0.717) is 11.8 Å². The van der Waals surface area contributed by atoms with Gasteiger partial charge in [0.1, 0.15) is 17.4 Å². The van der Waals surface area contributed by atoms with Crippen LogP contribution in [-0.2, 0) is 0 Å². The lowest BCUT2D eigenvalue weighted by molar-refractivity contribution is 0.397. The van der Waals surface area contributed by atoms with E-state index in [4.69, 9.17) is 26.3 Å². The molecular weight excluding hydrogens is 432 g/mol. The van der Waals surface area contributed by atoms with E-state index in [9.17, 15) is 0 Å². The van der Waals surface area contributed by atoms with E-state index in [1.165, 1.54) is 18.4 Å². The number of rotatable bonds is 7. The van der Waals surface area contributed by atoms with Gasteiger partial charge in [-0.15, -0.1) is 0 Å². The van der Waals surface area contributed by atoms with Gasteiger partial charge in [0.25, 0.3) is 0 Å². The van der Waals surface area contributed by atoms with Crippen molar-refractivity contribution in [1.29, 1.82) is 0 Å². The van der Waals surface area contributed by atoms with Crippen molar-refractivity contribution in [3.8, 4) is 5.75 Å². The van der Waals surface area contributed by atoms with Crippen molar-refractivity contribution in [2.45, 2.75) is 50.9 Å². The Balaban J connectivity index is 1.48. The second-order valence-corrected chi connectivity index (χ2v) is 9.83. The van der Waals surface area contributed by atoms with Crippen molar-refractivity contribution in [3.63, 3.8) is 0 Å². The molecule has 0 bridgehead atoms. The molecule has 2 aliphatic rings. The van der Waals surface area contributed by atoms with E-state index in [0.717, 1.165) is 77.9 Å². The smallest absolute Gasteiger partial charge is 0.140 e. The van der Waals surface area contributed by atoms with Crippen molar-refractivity contribution in [2.24, 2.45) is 0 Å². The van der Waals surface area contributed by atoms with Crippen LogP contribution in [0.5, 0.6) is 5.75 Å². The monoisotopic (exact) mass is 464 g/mol. The molecule has 1 aromatic heterocycles. The molecule has 3 aromatic rings. The molecule has 33 heavy (non-hydrogen) atoms. The molecule has 1 aliphatic heterocycles. The molecular formula is C27H33ClN4O. The Bertz CT molecular complexity index is 1140. The van der Waals surface area contributed by atoms with E-state index in [1.807, 2.05) is 12.1 Å². The van der Waals surface area contributed by atoms with Crippen molar-refractivity contribution < 1.29 is 4.74 Å². The first-order valence-electron chi connectivity index (χ1n) is 12.2. The number of hydrogen-bond donors (Lipinski definition) is 0. The van der Waals surface area contributed by atoms with Crippen LogP contribution in [0, 0.1) is 0 Å². The first kappa shape index (κ1) is 22.3. The van der Waals surface area contributed by atoms with Crippen LogP contribution in [-0.4, -0.2) is 43.8 Å². The van der Waals surface area contributed by atoms with E-state index in [-0.39, 0.29) is 0 Å². The summed E-state index contributed by atoms with van der Waals surface area (Å²) in [4.78, 5) is 14.7. The topological polar surface area (TPSA) is 41.5 Å². The zero-order valence-corrected chi connectivity index (χ0v) is 20.6. The number of halogens is 1. The number of piperidine rings is 1. The molecule has 0 atom stereocenters. The Morgan fingerprint density at radius 3 is 2.52 bits per heavy atom. The number of methoxy groups -OCH3 is 1. The van der Waals surface area contributed by atoms with Gasteiger partial charge in [-0.25, -0.2) is 9.97 Å². The second-order valence-electron chi connectivity index (χ2n) is 9.43. The molecule has 1 saturated heterocycles. The van der Waals surface area contributed by atoms with Gasteiger partial charge in [0.15, 0.2) is 0 Å². The van der Waals surface area contributed by atoms with Gasteiger partial charge in [0, 0.05) is 38.0 Å². The Morgan fingerprint density at radius 2 is 1.82 bits per heavy atom. The summed E-state index contributed by atoms with van der Waals surface area (Å²) in [6, 6.07) is 12.7. The predicted octanol–water partition coefficient (Wildman–Crippen LogP) is 6.40. The number of hydrogen-bond acceptors (Lipinski definition) is 5. The minimum absolute atomic E-state index is 0.500. The second kappa shape index (κ2) is 9.38. The summed E-state index contributed by atoms with van der Waals surface area (Å²) in [6.45, 7) is 5.10. The minimum Gasteiger partial charge on any atom is -0.496 e. The molecule has 0 radical (unpaired) electrons. The SMILES string of the molecule is CCCN(C)c1cc2c(N3CCC(c4ccccc4OC)CC3)nc(C3CC3)nc2cc1Cl. The van der Waals surface area contributed by atoms with Crippen LogP contribution < -0.4 is 14.5 Å². The summed E-state index contributed by atoms with van der Waals surface area (Å²) < 4.78 is 5.63. The molecule has 2 fully saturated rings. The number of nitrogens with zero attached hydrogens (tertiary/aromatic N) is 4. The van der Waals surface area contributed by atoms with Gasteiger partial charge in [-0.1, -0.05) is 36.7 Å². The molecule has 174 valence electrons. The maximum Gasteiger partial charge on any atom is 0.140 e. The Labute approximate surface area is 201 Å². The molecule has 0 N–H and O–H groups in total. The van der Waals surface area contributed by atoms with Gasteiger partial charge in [-0.2, -0.15) is 0 Å². The first-order chi connectivity index (χ1) is 16.1. The number of anilines is 2. The summed E-state index contributed by atoms with van der Waals surface area (Å²) in [6.07, 6.45) is 5.62. The van der Waals surface area contributed by atoms with Crippen molar-refractivity contribution in [2.75, 3.05) is 43.6 Å². The van der Waals surface area contributed by atoms with E-state index < -0.39 is 0 Å². The number of ether oxygens (including phenoxy) is 1. The molecule has 0 spiro atoms. The lowest BCUT2D eigenvalue weighted by Crippen LogP contribution is -2.34. The van der Waals surface area contributed by atoms with Crippen LogP contribution >= 0.6 is 11.6 Å². The molecule has 2 aromatic carbocycles. The number of benzene rings is 2. The van der Waals surface area contributed by atoms with E-state index in [2.05, 4.69) is 48.0 Å². The van der Waals surface area contributed by atoms with Crippen LogP contribution in [0.2, 0.25) is 5.02 Å². The summed E-state index contributed by atoms with van der Waals surface area (Å²) in [5.41, 5.74) is 3.34. The van der Waals surface area contributed by atoms with Gasteiger partial charge in [-0.3, -0.25) is 0 Å². The fourth-order valence-corrected chi connectivity index (χ4v) is 5.36. The van der Waals surface area contributed by atoms with Gasteiger partial charge in [0.05, 0.1) is 23.3 Å². The van der Waals surface area contributed by atoms with Gasteiger partial charge in [-0.05, 0) is 61.8 Å². The lowest BCUT2D eigenvalue weighted by atomic mass is 9.88. The molecule has 6 heteroatoms. The summed E-state index contributed by atoms with van der Waals surface area (Å²) >= 11 is 6.71. The maximum atomic E-state index is 6.71. The van der Waals surface area contributed by atoms with Crippen LogP contribution in [0.25, 0.3) is 10.9 Å². The number of para-hydroxylation sites is 1. The number of fused-ring (bicyclic) bond motifs is 1. The summed E-state index contributed by atoms with van der Waals surface area (Å²) in [7, 11) is 3.87. The number of aromatic nitrogens is 2. The van der Waals surface area contributed by atoms with Crippen LogP contribution in [0.4, 0.5) is 11.5 Å². The average Bonchev–Trinajstić information content (AvgIpc) is 3.69. The molecule has 5 rings (SSSR count). The van der Waals surface area contributed by atoms with Crippen molar-refractivity contribution >= 4 is 34.0 Å².